The topological polar surface area (TPSA) is 76.1 Å². The number of carboxylic acid groups (broad SMARTS) is 1. The van der Waals surface area contributed by atoms with Gasteiger partial charge in [-0.25, -0.2) is 0 Å². The Morgan fingerprint density at radius 2 is 2.30 bits per heavy atom. The van der Waals surface area contributed by atoms with Crippen molar-refractivity contribution in [2.45, 2.75) is 4.21 Å². The maximum atomic E-state index is 10.5. The normalized spacial score (nSPS) is 9.60. The molecule has 0 unspecified atom stereocenters. The lowest BCUT2D eigenvalue weighted by Gasteiger charge is -2.09. The first-order valence-electron chi connectivity index (χ1n) is 2.18. The fourth-order valence-corrected chi connectivity index (χ4v) is 1.23. The van der Waals surface area contributed by atoms with E-state index in [0.717, 1.165) is 0 Å². The molecule has 1 heterocycles. The number of carbonyl (C=O) groups is 1. The van der Waals surface area contributed by atoms with Gasteiger partial charge in [-0.1, -0.05) is 4.21 Å². The molecule has 0 atom stereocenters. The van der Waals surface area contributed by atoms with Crippen LogP contribution < -0.4 is 10.2 Å². The van der Waals surface area contributed by atoms with E-state index in [1.807, 2.05) is 0 Å². The standard InChI is InChI=1S/C4H3NO3S2/c6-2-1(3(7)8)4(9)10-5-2/h9H,(H,5,6)(H,7,8)/p-3. The number of nitrogens with zero attached hydrogens (tertiary/aromatic N) is 1. The summed E-state index contributed by atoms with van der Waals surface area (Å²) in [6.07, 6.45) is 0. The molecule has 0 bridgehead atoms. The number of carboxylic acids is 1. The molecule has 1 aromatic rings. The Morgan fingerprint density at radius 1 is 1.70 bits per heavy atom. The van der Waals surface area contributed by atoms with E-state index in [-0.39, 0.29) is 4.21 Å². The van der Waals surface area contributed by atoms with Gasteiger partial charge in [0.15, 0.2) is 0 Å². The summed E-state index contributed by atoms with van der Waals surface area (Å²) < 4.78 is 3.18. The molecule has 4 nitrogen and oxygen atoms in total. The minimum atomic E-state index is -1.55. The summed E-state index contributed by atoms with van der Waals surface area (Å²) in [5, 5.41) is 20.6. The molecule has 10 heavy (non-hydrogen) atoms. The van der Waals surface area contributed by atoms with Crippen LogP contribution in [0.5, 0.6) is 5.88 Å². The van der Waals surface area contributed by atoms with Gasteiger partial charge >= 0.3 is 0 Å². The van der Waals surface area contributed by atoms with Crippen molar-refractivity contribution in [1.82, 2.24) is 4.37 Å². The Labute approximate surface area is 65.7 Å². The minimum Gasteiger partial charge on any atom is -0.859 e. The van der Waals surface area contributed by atoms with Crippen molar-refractivity contribution in [3.63, 3.8) is 0 Å². The first-order valence-corrected chi connectivity index (χ1v) is 3.36. The molecular weight excluding hydrogens is 174 g/mol. The van der Waals surface area contributed by atoms with Crippen molar-refractivity contribution >= 4 is 30.1 Å². The van der Waals surface area contributed by atoms with E-state index >= 15 is 0 Å². The van der Waals surface area contributed by atoms with E-state index in [4.69, 9.17) is 0 Å². The Hall–Kier alpha value is -0.880. The predicted octanol–water partition coefficient (Wildman–Crippen LogP) is -1.51. The molecule has 0 fully saturated rings. The quantitative estimate of drug-likeness (QED) is 0.483. The highest BCUT2D eigenvalue weighted by atomic mass is 32.2. The van der Waals surface area contributed by atoms with Crippen molar-refractivity contribution in [1.29, 1.82) is 0 Å². The van der Waals surface area contributed by atoms with E-state index < -0.39 is 17.4 Å². The van der Waals surface area contributed by atoms with E-state index in [1.54, 1.807) is 0 Å². The maximum Gasteiger partial charge on any atom is 0.0715 e. The van der Waals surface area contributed by atoms with Gasteiger partial charge in [0, 0.05) is 0 Å². The summed E-state index contributed by atoms with van der Waals surface area (Å²) in [6, 6.07) is 0. The summed E-state index contributed by atoms with van der Waals surface area (Å²) >= 11 is 5.18. The largest absolute Gasteiger partial charge is 0.859 e. The molecule has 54 valence electrons. The molecule has 1 aromatic heterocycles. The monoisotopic (exact) mass is 174 g/mol. The van der Waals surface area contributed by atoms with Crippen LogP contribution in [0.4, 0.5) is 0 Å². The molecule has 0 radical (unpaired) electrons. The highest BCUT2D eigenvalue weighted by molar-refractivity contribution is 7.62. The zero-order chi connectivity index (χ0) is 7.72. The lowest BCUT2D eigenvalue weighted by molar-refractivity contribution is -0.280. The molecule has 0 N–H and O–H groups in total. The van der Waals surface area contributed by atoms with Gasteiger partial charge in [-0.3, -0.25) is 11.5 Å². The van der Waals surface area contributed by atoms with Gasteiger partial charge in [0.05, 0.1) is 5.97 Å². The lowest BCUT2D eigenvalue weighted by atomic mass is 10.4. The van der Waals surface area contributed by atoms with Crippen molar-refractivity contribution < 1.29 is 15.0 Å². The molecule has 0 saturated heterocycles. The van der Waals surface area contributed by atoms with Crippen LogP contribution in [-0.2, 0) is 12.6 Å². The molecular formula is C4NO3S2-3. The zero-order valence-electron chi connectivity index (χ0n) is 4.49. The molecule has 0 saturated carbocycles. The third-order valence-electron chi connectivity index (χ3n) is 0.834. The average molecular weight is 174 g/mol. The Morgan fingerprint density at radius 3 is 2.50 bits per heavy atom. The van der Waals surface area contributed by atoms with Crippen LogP contribution in [-0.4, -0.2) is 10.3 Å². The molecule has 1 rings (SSSR count). The van der Waals surface area contributed by atoms with Gasteiger partial charge in [-0.15, -0.1) is 0 Å². The van der Waals surface area contributed by atoms with Crippen LogP contribution in [0.2, 0.25) is 0 Å². The molecule has 0 aliphatic carbocycles. The smallest absolute Gasteiger partial charge is 0.0715 e. The molecule has 0 amide bonds. The zero-order valence-corrected chi connectivity index (χ0v) is 6.12. The number of aromatic nitrogens is 1. The van der Waals surface area contributed by atoms with E-state index in [0.29, 0.717) is 11.5 Å². The van der Waals surface area contributed by atoms with Gasteiger partial charge in [0.1, 0.15) is 0 Å². The van der Waals surface area contributed by atoms with E-state index in [2.05, 4.69) is 17.0 Å². The van der Waals surface area contributed by atoms with Crippen LogP contribution in [0.15, 0.2) is 4.21 Å². The van der Waals surface area contributed by atoms with Crippen LogP contribution >= 0.6 is 11.5 Å². The number of carbonyl (C=O) groups excluding carboxylic acids is 1. The summed E-state index contributed by atoms with van der Waals surface area (Å²) in [6.45, 7) is 0. The SMILES string of the molecule is O=C([O-])c1c([O-])nsc1[S-]. The summed E-state index contributed by atoms with van der Waals surface area (Å²) in [5.41, 5.74) is -0.500. The first-order chi connectivity index (χ1) is 4.63. The van der Waals surface area contributed by atoms with Crippen molar-refractivity contribution in [2.75, 3.05) is 0 Å². The van der Waals surface area contributed by atoms with Crippen molar-refractivity contribution in [3.8, 4) is 5.88 Å². The number of hydrogen-bond acceptors (Lipinski definition) is 6. The lowest BCUT2D eigenvalue weighted by Crippen LogP contribution is -2.23. The highest BCUT2D eigenvalue weighted by Gasteiger charge is 1.95. The Balaban J connectivity index is 3.23. The molecule has 0 aliphatic heterocycles. The van der Waals surface area contributed by atoms with E-state index in [1.165, 1.54) is 0 Å². The fraction of sp³-hybridized carbons (Fsp3) is 0. The highest BCUT2D eigenvalue weighted by Crippen LogP contribution is 2.19. The van der Waals surface area contributed by atoms with Crippen LogP contribution in [0, 0.1) is 0 Å². The Kier molecular flexibility index (Phi) is 1.73. The average Bonchev–Trinajstić information content (AvgIpc) is 2.11. The summed E-state index contributed by atoms with van der Waals surface area (Å²) in [5.74, 6) is -2.36. The number of aromatic carboxylic acids is 1. The van der Waals surface area contributed by atoms with Gasteiger partial charge < -0.3 is 32.0 Å². The number of hydrogen-bond donors (Lipinski definition) is 0. The minimum absolute atomic E-state index is 0.0231. The fourth-order valence-electron chi connectivity index (χ4n) is 0.432. The molecule has 6 heteroatoms. The van der Waals surface area contributed by atoms with E-state index in [9.17, 15) is 15.0 Å². The molecule has 0 aromatic carbocycles. The van der Waals surface area contributed by atoms with Gasteiger partial charge in [0.25, 0.3) is 0 Å². The van der Waals surface area contributed by atoms with Gasteiger partial charge in [-0.05, 0) is 11.4 Å². The first kappa shape index (κ1) is 7.23. The predicted molar refractivity (Wildman–Crippen MR) is 31.5 cm³/mol. The van der Waals surface area contributed by atoms with Gasteiger partial charge in [-0.2, -0.15) is 0 Å². The van der Waals surface area contributed by atoms with Crippen LogP contribution in [0.3, 0.4) is 0 Å². The molecule has 0 aliphatic rings. The second-order valence-electron chi connectivity index (χ2n) is 1.44. The van der Waals surface area contributed by atoms with Crippen LogP contribution in [0.25, 0.3) is 0 Å². The maximum absolute atomic E-state index is 10.5. The summed E-state index contributed by atoms with van der Waals surface area (Å²) in [4.78, 5) is 10.1. The summed E-state index contributed by atoms with van der Waals surface area (Å²) in [7, 11) is 0. The second kappa shape index (κ2) is 2.39. The molecule has 0 spiro atoms. The Bertz CT molecular complexity index is 250. The third-order valence-corrected chi connectivity index (χ3v) is 1.89. The third kappa shape index (κ3) is 1.03. The van der Waals surface area contributed by atoms with Crippen molar-refractivity contribution in [3.05, 3.63) is 5.56 Å². The van der Waals surface area contributed by atoms with Crippen molar-refractivity contribution in [2.24, 2.45) is 0 Å². The van der Waals surface area contributed by atoms with Crippen LogP contribution in [0.1, 0.15) is 10.4 Å². The van der Waals surface area contributed by atoms with Gasteiger partial charge in [0.2, 0.25) is 0 Å². The second-order valence-corrected chi connectivity index (χ2v) is 2.88. The number of rotatable bonds is 1.